The van der Waals surface area contributed by atoms with Crippen molar-refractivity contribution in [2.75, 3.05) is 49.2 Å². The molecule has 1 aromatic carbocycles. The zero-order valence-electron chi connectivity index (χ0n) is 20.3. The average molecular weight is 535 g/mol. The van der Waals surface area contributed by atoms with Gasteiger partial charge in [-0.25, -0.2) is 19.2 Å². The van der Waals surface area contributed by atoms with Crippen LogP contribution in [-0.2, 0) is 9.53 Å². The van der Waals surface area contributed by atoms with Crippen LogP contribution in [0.25, 0.3) is 11.3 Å². The van der Waals surface area contributed by atoms with E-state index in [1.54, 1.807) is 12.1 Å². The molecule has 0 aliphatic carbocycles. The highest BCUT2D eigenvalue weighted by Gasteiger charge is 2.39. The third-order valence-corrected chi connectivity index (χ3v) is 7.07. The summed E-state index contributed by atoms with van der Waals surface area (Å²) in [6, 6.07) is 7.35. The molecule has 2 aromatic heterocycles. The number of ether oxygens (including phenoxy) is 1. The van der Waals surface area contributed by atoms with Gasteiger partial charge in [-0.2, -0.15) is 18.2 Å². The first-order chi connectivity index (χ1) is 18.2. The van der Waals surface area contributed by atoms with E-state index in [4.69, 9.17) is 19.6 Å². The number of nitrogens with zero attached hydrogens (tertiary/aromatic N) is 6. The van der Waals surface area contributed by atoms with Crippen LogP contribution in [-0.4, -0.2) is 76.2 Å². The largest absolute Gasteiger partial charge is 0.490 e. The summed E-state index contributed by atoms with van der Waals surface area (Å²) < 4.78 is 54.2. The zero-order chi connectivity index (χ0) is 26.9. The fraction of sp³-hybridized carbons (Fsp3) is 0.440. The lowest BCUT2D eigenvalue weighted by molar-refractivity contribution is -0.192. The number of carboxylic acid groups (broad SMARTS) is 1. The van der Waals surface area contributed by atoms with Crippen LogP contribution in [0.15, 0.2) is 43.0 Å². The number of carbonyl (C=O) groups is 1. The van der Waals surface area contributed by atoms with Crippen LogP contribution in [0.3, 0.4) is 0 Å². The van der Waals surface area contributed by atoms with Crippen molar-refractivity contribution < 1.29 is 32.2 Å². The number of aliphatic carboxylic acids is 1. The van der Waals surface area contributed by atoms with Crippen LogP contribution >= 0.6 is 0 Å². The van der Waals surface area contributed by atoms with Crippen molar-refractivity contribution in [3.05, 3.63) is 54.4 Å². The molecule has 0 saturated carbocycles. The third kappa shape index (κ3) is 5.15. The highest BCUT2D eigenvalue weighted by molar-refractivity contribution is 5.73. The standard InChI is InChI=1S/C23H25FN6O.C2HF3O2/c24-18-3-1-2-17-19-14-25-15-30(19)22(21(17)18)16-5-8-29(9-6-16)23-26-7-4-20(27-23)28-10-12-31-13-11-28;3-2(4,5)1(6)7/h1-4,7,14-16,22H,5-6,8-13H2;(H,6,7). The summed E-state index contributed by atoms with van der Waals surface area (Å²) >= 11 is 0. The zero-order valence-corrected chi connectivity index (χ0v) is 20.3. The Hall–Kier alpha value is -3.74. The number of benzene rings is 1. The van der Waals surface area contributed by atoms with E-state index in [0.29, 0.717) is 5.92 Å². The molecule has 1 N–H and O–H groups in total. The third-order valence-electron chi connectivity index (χ3n) is 7.07. The van der Waals surface area contributed by atoms with Gasteiger partial charge in [0.1, 0.15) is 11.6 Å². The van der Waals surface area contributed by atoms with Crippen LogP contribution in [0.1, 0.15) is 24.4 Å². The Morgan fingerprint density at radius 1 is 1.05 bits per heavy atom. The molecule has 2 saturated heterocycles. The molecule has 6 rings (SSSR count). The van der Waals surface area contributed by atoms with Crippen LogP contribution < -0.4 is 9.80 Å². The van der Waals surface area contributed by atoms with Gasteiger partial charge in [-0.15, -0.1) is 0 Å². The number of halogens is 4. The van der Waals surface area contributed by atoms with Crippen LogP contribution in [0, 0.1) is 11.7 Å². The van der Waals surface area contributed by atoms with Gasteiger partial charge < -0.3 is 24.2 Å². The fourth-order valence-corrected chi connectivity index (χ4v) is 5.27. The first kappa shape index (κ1) is 25.9. The van der Waals surface area contributed by atoms with Gasteiger partial charge in [-0.1, -0.05) is 12.1 Å². The molecule has 0 bridgehead atoms. The molecular formula is C25H26F4N6O3. The van der Waals surface area contributed by atoms with E-state index in [1.165, 1.54) is 0 Å². The number of anilines is 2. The topological polar surface area (TPSA) is 96.6 Å². The molecule has 2 fully saturated rings. The summed E-state index contributed by atoms with van der Waals surface area (Å²) in [5, 5.41) is 7.12. The summed E-state index contributed by atoms with van der Waals surface area (Å²) in [6.45, 7) is 4.92. The van der Waals surface area contributed by atoms with Gasteiger partial charge in [0.25, 0.3) is 0 Å². The van der Waals surface area contributed by atoms with Crippen molar-refractivity contribution in [3.63, 3.8) is 0 Å². The van der Waals surface area contributed by atoms with Crippen molar-refractivity contribution in [2.45, 2.75) is 25.1 Å². The molecule has 1 unspecified atom stereocenters. The number of hydrogen-bond donors (Lipinski definition) is 1. The van der Waals surface area contributed by atoms with Crippen LogP contribution in [0.2, 0.25) is 0 Å². The summed E-state index contributed by atoms with van der Waals surface area (Å²) in [5.41, 5.74) is 2.82. The normalized spacial score (nSPS) is 19.4. The average Bonchev–Trinajstić information content (AvgIpc) is 3.51. The molecule has 3 aliphatic rings. The smallest absolute Gasteiger partial charge is 0.475 e. The number of hydrogen-bond acceptors (Lipinski definition) is 7. The van der Waals surface area contributed by atoms with E-state index in [1.807, 2.05) is 30.9 Å². The lowest BCUT2D eigenvalue weighted by Gasteiger charge is -2.36. The second-order valence-corrected chi connectivity index (χ2v) is 9.27. The Labute approximate surface area is 215 Å². The summed E-state index contributed by atoms with van der Waals surface area (Å²) in [6.07, 6.45) is 2.38. The Morgan fingerprint density at radius 3 is 2.45 bits per heavy atom. The number of fused-ring (bicyclic) bond motifs is 3. The van der Waals surface area contributed by atoms with Crippen molar-refractivity contribution >= 4 is 17.7 Å². The van der Waals surface area contributed by atoms with Crippen molar-refractivity contribution in [1.82, 2.24) is 19.5 Å². The Kier molecular flexibility index (Phi) is 7.19. The van der Waals surface area contributed by atoms with E-state index in [2.05, 4.69) is 24.3 Å². The molecular weight excluding hydrogens is 508 g/mol. The number of alkyl halides is 3. The van der Waals surface area contributed by atoms with Crippen LogP contribution in [0.5, 0.6) is 0 Å². The van der Waals surface area contributed by atoms with Gasteiger partial charge in [0.2, 0.25) is 5.95 Å². The summed E-state index contributed by atoms with van der Waals surface area (Å²) in [7, 11) is 0. The highest BCUT2D eigenvalue weighted by atomic mass is 19.4. The summed E-state index contributed by atoms with van der Waals surface area (Å²) in [4.78, 5) is 27.1. The van der Waals surface area contributed by atoms with E-state index in [-0.39, 0.29) is 11.9 Å². The van der Waals surface area contributed by atoms with Gasteiger partial charge in [0.15, 0.2) is 0 Å². The van der Waals surface area contributed by atoms with E-state index >= 15 is 0 Å². The van der Waals surface area contributed by atoms with Gasteiger partial charge in [-0.3, -0.25) is 0 Å². The summed E-state index contributed by atoms with van der Waals surface area (Å²) in [5.74, 6) is -0.776. The molecule has 0 spiro atoms. The van der Waals surface area contributed by atoms with E-state index < -0.39 is 12.1 Å². The van der Waals surface area contributed by atoms with Gasteiger partial charge in [0, 0.05) is 43.5 Å². The Morgan fingerprint density at radius 2 is 1.76 bits per heavy atom. The molecule has 13 heteroatoms. The van der Waals surface area contributed by atoms with E-state index in [0.717, 1.165) is 80.8 Å². The molecule has 3 aromatic rings. The quantitative estimate of drug-likeness (QED) is 0.508. The van der Waals surface area contributed by atoms with Gasteiger partial charge in [-0.05, 0) is 30.9 Å². The van der Waals surface area contributed by atoms with Crippen molar-refractivity contribution in [1.29, 1.82) is 0 Å². The lowest BCUT2D eigenvalue weighted by atomic mass is 9.85. The molecule has 5 heterocycles. The van der Waals surface area contributed by atoms with Crippen molar-refractivity contribution in [2.24, 2.45) is 5.92 Å². The second-order valence-electron chi connectivity index (χ2n) is 9.27. The maximum Gasteiger partial charge on any atom is 0.490 e. The number of imidazole rings is 1. The molecule has 38 heavy (non-hydrogen) atoms. The predicted molar refractivity (Wildman–Crippen MR) is 129 cm³/mol. The first-order valence-corrected chi connectivity index (χ1v) is 12.3. The first-order valence-electron chi connectivity index (χ1n) is 12.3. The van der Waals surface area contributed by atoms with Gasteiger partial charge in [0.05, 0.1) is 37.5 Å². The fourth-order valence-electron chi connectivity index (χ4n) is 5.27. The van der Waals surface area contributed by atoms with Gasteiger partial charge >= 0.3 is 12.1 Å². The predicted octanol–water partition coefficient (Wildman–Crippen LogP) is 3.77. The van der Waals surface area contributed by atoms with Crippen molar-refractivity contribution in [3.8, 4) is 11.3 Å². The number of aromatic nitrogens is 4. The Bertz CT molecular complexity index is 1290. The highest BCUT2D eigenvalue weighted by Crippen LogP contribution is 2.46. The molecule has 9 nitrogen and oxygen atoms in total. The van der Waals surface area contributed by atoms with E-state index in [9.17, 15) is 17.6 Å². The number of rotatable bonds is 3. The lowest BCUT2D eigenvalue weighted by Crippen LogP contribution is -2.39. The minimum Gasteiger partial charge on any atom is -0.475 e. The maximum atomic E-state index is 14.8. The number of morpholine rings is 1. The number of carboxylic acids is 1. The monoisotopic (exact) mass is 534 g/mol. The minimum absolute atomic E-state index is 0.0106. The number of piperidine rings is 1. The molecule has 3 aliphatic heterocycles. The SMILES string of the molecule is Fc1cccc2c1C(C1CCN(c3nccc(N4CCOCC4)n3)CC1)n1cncc1-2.O=C(O)C(F)(F)F. The molecule has 0 radical (unpaired) electrons. The molecule has 202 valence electrons. The maximum absolute atomic E-state index is 14.8. The second kappa shape index (κ2) is 10.6. The Balaban J connectivity index is 0.000000374. The van der Waals surface area contributed by atoms with Crippen LogP contribution in [0.4, 0.5) is 29.3 Å². The molecule has 1 atom stereocenters. The molecule has 0 amide bonds. The minimum atomic E-state index is -5.08.